The molecule has 0 saturated carbocycles. The van der Waals surface area contributed by atoms with Crippen molar-refractivity contribution in [1.29, 1.82) is 5.26 Å². The Morgan fingerprint density at radius 3 is 2.32 bits per heavy atom. The molecule has 1 aliphatic rings. The number of nitrogens with zero attached hydrogens (tertiary/aromatic N) is 6. The van der Waals surface area contributed by atoms with Gasteiger partial charge in [-0.3, -0.25) is 0 Å². The van der Waals surface area contributed by atoms with Gasteiger partial charge in [-0.15, -0.1) is 0 Å². The minimum atomic E-state index is -2.61. The smallest absolute Gasteiger partial charge is 0.280 e. The van der Waals surface area contributed by atoms with Gasteiger partial charge in [-0.05, 0) is 18.4 Å². The summed E-state index contributed by atoms with van der Waals surface area (Å²) in [7, 11) is 0. The molecular formula is C16H16F2N6S. The predicted octanol–water partition coefficient (Wildman–Crippen LogP) is 2.73. The Labute approximate surface area is 148 Å². The van der Waals surface area contributed by atoms with Crippen molar-refractivity contribution >= 4 is 23.4 Å². The van der Waals surface area contributed by atoms with Crippen LogP contribution in [0.4, 0.5) is 20.4 Å². The summed E-state index contributed by atoms with van der Waals surface area (Å²) in [5.41, 5.74) is 0.276. The van der Waals surface area contributed by atoms with Gasteiger partial charge in [0, 0.05) is 38.4 Å². The summed E-state index contributed by atoms with van der Waals surface area (Å²) in [4.78, 5) is 16.6. The molecule has 1 fully saturated rings. The number of hydrogen-bond donors (Lipinski definition) is 0. The lowest BCUT2D eigenvalue weighted by atomic mass is 10.2. The second-order valence-electron chi connectivity index (χ2n) is 5.43. The Morgan fingerprint density at radius 2 is 1.80 bits per heavy atom. The van der Waals surface area contributed by atoms with Crippen molar-refractivity contribution in [3.05, 3.63) is 35.7 Å². The van der Waals surface area contributed by atoms with E-state index in [1.54, 1.807) is 18.5 Å². The lowest BCUT2D eigenvalue weighted by Gasteiger charge is -2.36. The molecule has 0 atom stereocenters. The molecule has 0 aromatic carbocycles. The van der Waals surface area contributed by atoms with E-state index in [-0.39, 0.29) is 5.69 Å². The highest BCUT2D eigenvalue weighted by atomic mass is 32.2. The monoisotopic (exact) mass is 362 g/mol. The van der Waals surface area contributed by atoms with Crippen LogP contribution in [0.15, 0.2) is 29.6 Å². The van der Waals surface area contributed by atoms with Crippen LogP contribution in [0.1, 0.15) is 17.7 Å². The van der Waals surface area contributed by atoms with Gasteiger partial charge in [0.1, 0.15) is 23.4 Å². The molecule has 0 radical (unpaired) electrons. The van der Waals surface area contributed by atoms with Crippen molar-refractivity contribution < 1.29 is 8.78 Å². The fourth-order valence-electron chi connectivity index (χ4n) is 2.60. The number of aromatic nitrogens is 3. The molecule has 3 rings (SSSR count). The summed E-state index contributed by atoms with van der Waals surface area (Å²) < 4.78 is 26.0. The summed E-state index contributed by atoms with van der Waals surface area (Å²) in [5, 5.41) is 9.18. The molecule has 130 valence electrons. The number of alkyl halides is 2. The molecule has 6 nitrogen and oxygen atoms in total. The summed E-state index contributed by atoms with van der Waals surface area (Å²) in [5.74, 6) is 1.33. The van der Waals surface area contributed by atoms with Gasteiger partial charge in [0.15, 0.2) is 5.16 Å². The third-order valence-electron chi connectivity index (χ3n) is 3.92. The first-order valence-electron chi connectivity index (χ1n) is 7.68. The van der Waals surface area contributed by atoms with Crippen LogP contribution in [0.2, 0.25) is 0 Å². The van der Waals surface area contributed by atoms with Crippen LogP contribution in [-0.4, -0.2) is 47.4 Å². The standard InChI is InChI=1S/C16H16F2N6S/c1-25-16-21-12(15(17)18)8-14(22-16)24-6-4-23(5-7-24)13-3-2-11(9-19)10-20-13/h2-3,8,10,15H,4-7H2,1H3. The first kappa shape index (κ1) is 17.4. The zero-order valence-corrected chi connectivity index (χ0v) is 14.4. The van der Waals surface area contributed by atoms with Gasteiger partial charge in [0.2, 0.25) is 0 Å². The third-order valence-corrected chi connectivity index (χ3v) is 4.47. The first-order valence-corrected chi connectivity index (χ1v) is 8.90. The third kappa shape index (κ3) is 3.96. The van der Waals surface area contributed by atoms with Gasteiger partial charge in [-0.1, -0.05) is 11.8 Å². The molecule has 3 heterocycles. The van der Waals surface area contributed by atoms with Gasteiger partial charge in [-0.25, -0.2) is 23.7 Å². The Kier molecular flexibility index (Phi) is 5.28. The molecular weight excluding hydrogens is 346 g/mol. The van der Waals surface area contributed by atoms with E-state index in [2.05, 4.69) is 19.9 Å². The van der Waals surface area contributed by atoms with Gasteiger partial charge in [-0.2, -0.15) is 5.26 Å². The molecule has 2 aromatic heterocycles. The molecule has 0 spiro atoms. The van der Waals surface area contributed by atoms with E-state index in [9.17, 15) is 8.78 Å². The van der Waals surface area contributed by atoms with E-state index < -0.39 is 6.43 Å². The van der Waals surface area contributed by atoms with Gasteiger partial charge in [0.25, 0.3) is 6.43 Å². The van der Waals surface area contributed by atoms with Crippen molar-refractivity contribution in [3.8, 4) is 6.07 Å². The van der Waals surface area contributed by atoms with Gasteiger partial charge < -0.3 is 9.80 Å². The number of piperazine rings is 1. The van der Waals surface area contributed by atoms with Crippen molar-refractivity contribution in [2.45, 2.75) is 11.6 Å². The minimum absolute atomic E-state index is 0.245. The largest absolute Gasteiger partial charge is 0.353 e. The zero-order chi connectivity index (χ0) is 17.8. The second kappa shape index (κ2) is 7.61. The Hall–Kier alpha value is -2.47. The van der Waals surface area contributed by atoms with Crippen LogP contribution in [-0.2, 0) is 0 Å². The van der Waals surface area contributed by atoms with Crippen molar-refractivity contribution in [2.24, 2.45) is 0 Å². The van der Waals surface area contributed by atoms with Crippen LogP contribution in [0, 0.1) is 11.3 Å². The molecule has 0 amide bonds. The molecule has 0 N–H and O–H groups in total. The highest BCUT2D eigenvalue weighted by Crippen LogP contribution is 2.25. The average Bonchev–Trinajstić information content (AvgIpc) is 2.67. The predicted molar refractivity (Wildman–Crippen MR) is 92.1 cm³/mol. The number of hydrogen-bond acceptors (Lipinski definition) is 7. The Morgan fingerprint density at radius 1 is 1.12 bits per heavy atom. The van der Waals surface area contributed by atoms with Crippen molar-refractivity contribution in [2.75, 3.05) is 42.2 Å². The Balaban J connectivity index is 1.71. The number of thioether (sulfide) groups is 1. The number of nitriles is 1. The first-order chi connectivity index (χ1) is 12.1. The van der Waals surface area contributed by atoms with Crippen LogP contribution >= 0.6 is 11.8 Å². The molecule has 0 bridgehead atoms. The molecule has 2 aromatic rings. The van der Waals surface area contributed by atoms with E-state index in [4.69, 9.17) is 5.26 Å². The fraction of sp³-hybridized carbons (Fsp3) is 0.375. The van der Waals surface area contributed by atoms with Crippen LogP contribution in [0.25, 0.3) is 0 Å². The lowest BCUT2D eigenvalue weighted by Crippen LogP contribution is -2.47. The number of anilines is 2. The van der Waals surface area contributed by atoms with Crippen LogP contribution in [0.5, 0.6) is 0 Å². The molecule has 0 unspecified atom stereocenters. The summed E-state index contributed by atoms with van der Waals surface area (Å²) in [6.45, 7) is 2.69. The van der Waals surface area contributed by atoms with Crippen molar-refractivity contribution in [3.63, 3.8) is 0 Å². The summed E-state index contributed by atoms with van der Waals surface area (Å²) in [6.07, 6.45) is 0.700. The number of pyridine rings is 1. The second-order valence-corrected chi connectivity index (χ2v) is 6.20. The maximum absolute atomic E-state index is 13.0. The normalized spacial score (nSPS) is 14.7. The molecule has 9 heteroatoms. The lowest BCUT2D eigenvalue weighted by molar-refractivity contribution is 0.145. The molecule has 1 aliphatic heterocycles. The maximum atomic E-state index is 13.0. The molecule has 25 heavy (non-hydrogen) atoms. The van der Waals surface area contributed by atoms with Crippen LogP contribution < -0.4 is 9.80 Å². The molecule has 0 aliphatic carbocycles. The quantitative estimate of drug-likeness (QED) is 0.612. The summed E-state index contributed by atoms with van der Waals surface area (Å²) in [6, 6.07) is 6.96. The van der Waals surface area contributed by atoms with Crippen LogP contribution in [0.3, 0.4) is 0 Å². The minimum Gasteiger partial charge on any atom is -0.353 e. The van der Waals surface area contributed by atoms with E-state index in [0.717, 1.165) is 5.82 Å². The van der Waals surface area contributed by atoms with E-state index in [1.807, 2.05) is 17.0 Å². The van der Waals surface area contributed by atoms with E-state index >= 15 is 0 Å². The highest BCUT2D eigenvalue weighted by Gasteiger charge is 2.21. The van der Waals surface area contributed by atoms with Gasteiger partial charge in [0.05, 0.1) is 5.56 Å². The number of halogens is 2. The summed E-state index contributed by atoms with van der Waals surface area (Å²) >= 11 is 1.25. The van der Waals surface area contributed by atoms with Gasteiger partial charge >= 0.3 is 0 Å². The van der Waals surface area contributed by atoms with E-state index in [1.165, 1.54) is 17.8 Å². The fourth-order valence-corrected chi connectivity index (χ4v) is 2.98. The van der Waals surface area contributed by atoms with E-state index in [0.29, 0.717) is 42.7 Å². The SMILES string of the molecule is CSc1nc(C(F)F)cc(N2CCN(c3ccc(C#N)cn3)CC2)n1. The average molecular weight is 362 g/mol. The Bertz CT molecular complexity index is 769. The highest BCUT2D eigenvalue weighted by molar-refractivity contribution is 7.98. The zero-order valence-electron chi connectivity index (χ0n) is 13.6. The topological polar surface area (TPSA) is 68.9 Å². The maximum Gasteiger partial charge on any atom is 0.280 e. The van der Waals surface area contributed by atoms with Crippen molar-refractivity contribution in [1.82, 2.24) is 15.0 Å². The number of rotatable bonds is 4. The molecule has 1 saturated heterocycles.